The number of hydrogen-bond acceptors (Lipinski definition) is 3. The van der Waals surface area contributed by atoms with Crippen LogP contribution in [0.15, 0.2) is 54.9 Å². The van der Waals surface area contributed by atoms with Crippen LogP contribution in [-0.2, 0) is 11.2 Å². The minimum atomic E-state index is -0.0272. The van der Waals surface area contributed by atoms with Gasteiger partial charge in [0.25, 0.3) is 5.91 Å². The van der Waals surface area contributed by atoms with E-state index in [0.717, 1.165) is 38.8 Å². The van der Waals surface area contributed by atoms with E-state index in [2.05, 4.69) is 22.4 Å². The molecule has 2 fully saturated rings. The number of piperidine rings is 1. The Morgan fingerprint density at radius 2 is 1.78 bits per heavy atom. The highest BCUT2D eigenvalue weighted by atomic mass is 16.2. The molecule has 2 aliphatic rings. The number of aromatic nitrogens is 1. The van der Waals surface area contributed by atoms with Crippen molar-refractivity contribution in [3.63, 3.8) is 0 Å². The van der Waals surface area contributed by atoms with Crippen molar-refractivity contribution in [3.8, 4) is 0 Å². The summed E-state index contributed by atoms with van der Waals surface area (Å²) >= 11 is 0. The molecule has 2 amide bonds. The summed E-state index contributed by atoms with van der Waals surface area (Å²) in [5, 5.41) is 3.15. The summed E-state index contributed by atoms with van der Waals surface area (Å²) in [5.74, 6) is 0.215. The van der Waals surface area contributed by atoms with E-state index in [0.29, 0.717) is 12.0 Å². The first-order valence-corrected chi connectivity index (χ1v) is 9.69. The summed E-state index contributed by atoms with van der Waals surface area (Å²) in [6.07, 6.45) is 7.62. The number of aryl methyl sites for hydroxylation is 1. The van der Waals surface area contributed by atoms with Gasteiger partial charge in [-0.25, -0.2) is 0 Å². The maximum Gasteiger partial charge on any atom is 0.251 e. The molecule has 5 heteroatoms. The zero-order chi connectivity index (χ0) is 18.7. The standard InChI is InChI=1S/C22H25N3O2/c26-20(7-6-17-4-2-1-3-5-17)25-14-10-22(11-15-25)16-19(22)24-21(27)18-8-12-23-13-9-18/h1-5,8-9,12-13,19H,6-7,10-11,14-16H2,(H,24,27). The average Bonchev–Trinajstić information content (AvgIpc) is 3.38. The SMILES string of the molecule is O=C(NC1CC12CCN(C(=O)CCc1ccccc1)CC2)c1ccncc1. The molecule has 1 atom stereocenters. The van der Waals surface area contributed by atoms with E-state index in [1.165, 1.54) is 5.56 Å². The number of nitrogens with zero attached hydrogens (tertiary/aromatic N) is 2. The molecule has 2 heterocycles. The van der Waals surface area contributed by atoms with E-state index in [-0.39, 0.29) is 23.3 Å². The minimum absolute atomic E-state index is 0.0272. The molecule has 27 heavy (non-hydrogen) atoms. The van der Waals surface area contributed by atoms with E-state index in [1.807, 2.05) is 23.1 Å². The van der Waals surface area contributed by atoms with Gasteiger partial charge in [0.15, 0.2) is 0 Å². The van der Waals surface area contributed by atoms with Gasteiger partial charge in [-0.1, -0.05) is 30.3 Å². The van der Waals surface area contributed by atoms with E-state index >= 15 is 0 Å². The molecular formula is C22H25N3O2. The van der Waals surface area contributed by atoms with Crippen molar-refractivity contribution >= 4 is 11.8 Å². The Balaban J connectivity index is 1.23. The number of likely N-dealkylation sites (tertiary alicyclic amines) is 1. The van der Waals surface area contributed by atoms with Crippen molar-refractivity contribution in [1.29, 1.82) is 0 Å². The first-order chi connectivity index (χ1) is 13.2. The minimum Gasteiger partial charge on any atom is -0.349 e. The number of benzene rings is 1. The molecule has 1 N–H and O–H groups in total. The predicted molar refractivity (Wildman–Crippen MR) is 103 cm³/mol. The van der Waals surface area contributed by atoms with Crippen molar-refractivity contribution in [2.75, 3.05) is 13.1 Å². The third-order valence-electron chi connectivity index (χ3n) is 6.02. The number of carbonyl (C=O) groups is 2. The van der Waals surface area contributed by atoms with Gasteiger partial charge in [0.05, 0.1) is 0 Å². The van der Waals surface area contributed by atoms with Gasteiger partial charge in [-0.3, -0.25) is 14.6 Å². The van der Waals surface area contributed by atoms with Gasteiger partial charge >= 0.3 is 0 Å². The number of pyridine rings is 1. The van der Waals surface area contributed by atoms with Crippen LogP contribution in [0.25, 0.3) is 0 Å². The smallest absolute Gasteiger partial charge is 0.251 e. The van der Waals surface area contributed by atoms with Crippen LogP contribution in [0.1, 0.15) is 41.6 Å². The van der Waals surface area contributed by atoms with Crippen LogP contribution in [0.2, 0.25) is 0 Å². The van der Waals surface area contributed by atoms with Gasteiger partial charge in [0.2, 0.25) is 5.91 Å². The Bertz CT molecular complexity index is 799. The molecule has 140 valence electrons. The van der Waals surface area contributed by atoms with Gasteiger partial charge in [0.1, 0.15) is 0 Å². The van der Waals surface area contributed by atoms with Crippen LogP contribution in [-0.4, -0.2) is 40.8 Å². The molecule has 1 aliphatic heterocycles. The normalized spacial score (nSPS) is 20.3. The second-order valence-corrected chi connectivity index (χ2v) is 7.69. The van der Waals surface area contributed by atoms with Crippen molar-refractivity contribution in [1.82, 2.24) is 15.2 Å². The third-order valence-corrected chi connectivity index (χ3v) is 6.02. The lowest BCUT2D eigenvalue weighted by atomic mass is 9.92. The van der Waals surface area contributed by atoms with Crippen LogP contribution in [0.5, 0.6) is 0 Å². The van der Waals surface area contributed by atoms with Crippen molar-refractivity contribution < 1.29 is 9.59 Å². The highest BCUT2D eigenvalue weighted by Crippen LogP contribution is 2.54. The number of rotatable bonds is 5. The molecule has 1 aromatic carbocycles. The van der Waals surface area contributed by atoms with Crippen LogP contribution in [0.3, 0.4) is 0 Å². The zero-order valence-corrected chi connectivity index (χ0v) is 15.4. The van der Waals surface area contributed by atoms with E-state index in [4.69, 9.17) is 0 Å². The van der Waals surface area contributed by atoms with Gasteiger partial charge < -0.3 is 10.2 Å². The lowest BCUT2D eigenvalue weighted by Gasteiger charge is -2.33. The first kappa shape index (κ1) is 17.7. The second kappa shape index (κ2) is 7.51. The molecular weight excluding hydrogens is 338 g/mol. The van der Waals surface area contributed by atoms with Crippen LogP contribution >= 0.6 is 0 Å². The molecule has 1 aliphatic carbocycles. The molecule has 0 radical (unpaired) electrons. The number of amides is 2. The summed E-state index contributed by atoms with van der Waals surface area (Å²) in [4.78, 5) is 30.7. The fraction of sp³-hybridized carbons (Fsp3) is 0.409. The topological polar surface area (TPSA) is 62.3 Å². The molecule has 0 bridgehead atoms. The highest BCUT2D eigenvalue weighted by Gasteiger charge is 2.55. The van der Waals surface area contributed by atoms with Crippen LogP contribution in [0, 0.1) is 5.41 Å². The fourth-order valence-electron chi connectivity index (χ4n) is 4.10. The van der Waals surface area contributed by atoms with Gasteiger partial charge in [-0.15, -0.1) is 0 Å². The Morgan fingerprint density at radius 3 is 2.48 bits per heavy atom. The Labute approximate surface area is 159 Å². The summed E-state index contributed by atoms with van der Waals surface area (Å²) in [6, 6.07) is 13.9. The van der Waals surface area contributed by atoms with E-state index < -0.39 is 0 Å². The maximum absolute atomic E-state index is 12.5. The molecule has 2 aromatic rings. The number of nitrogens with one attached hydrogen (secondary N) is 1. The molecule has 5 nitrogen and oxygen atoms in total. The third kappa shape index (κ3) is 4.02. The monoisotopic (exact) mass is 363 g/mol. The first-order valence-electron chi connectivity index (χ1n) is 9.69. The predicted octanol–water partition coefficient (Wildman–Crippen LogP) is 2.83. The Hall–Kier alpha value is -2.69. The lowest BCUT2D eigenvalue weighted by Crippen LogP contribution is -2.41. The fourth-order valence-corrected chi connectivity index (χ4v) is 4.10. The van der Waals surface area contributed by atoms with Gasteiger partial charge in [-0.2, -0.15) is 0 Å². The summed E-state index contributed by atoms with van der Waals surface area (Å²) in [6.45, 7) is 1.60. The Morgan fingerprint density at radius 1 is 1.07 bits per heavy atom. The summed E-state index contributed by atoms with van der Waals surface area (Å²) in [5.41, 5.74) is 2.06. The number of hydrogen-bond donors (Lipinski definition) is 1. The summed E-state index contributed by atoms with van der Waals surface area (Å²) in [7, 11) is 0. The van der Waals surface area contributed by atoms with E-state index in [1.54, 1.807) is 24.5 Å². The van der Waals surface area contributed by atoms with Crippen molar-refractivity contribution in [3.05, 3.63) is 66.0 Å². The Kier molecular flexibility index (Phi) is 4.92. The largest absolute Gasteiger partial charge is 0.349 e. The van der Waals surface area contributed by atoms with Gasteiger partial charge in [-0.05, 0) is 48.8 Å². The second-order valence-electron chi connectivity index (χ2n) is 7.69. The molecule has 4 rings (SSSR count). The molecule has 1 aromatic heterocycles. The molecule has 1 saturated heterocycles. The van der Waals surface area contributed by atoms with Gasteiger partial charge in [0, 0.05) is 43.5 Å². The summed E-state index contributed by atoms with van der Waals surface area (Å²) < 4.78 is 0. The highest BCUT2D eigenvalue weighted by molar-refractivity contribution is 5.94. The average molecular weight is 363 g/mol. The molecule has 1 unspecified atom stereocenters. The molecule has 1 saturated carbocycles. The molecule has 1 spiro atoms. The quantitative estimate of drug-likeness (QED) is 0.889. The van der Waals surface area contributed by atoms with Crippen molar-refractivity contribution in [2.24, 2.45) is 5.41 Å². The van der Waals surface area contributed by atoms with Crippen molar-refractivity contribution in [2.45, 2.75) is 38.1 Å². The van der Waals surface area contributed by atoms with Crippen LogP contribution < -0.4 is 5.32 Å². The lowest BCUT2D eigenvalue weighted by molar-refractivity contribution is -0.132. The van der Waals surface area contributed by atoms with Crippen LogP contribution in [0.4, 0.5) is 0 Å². The maximum atomic E-state index is 12.5. The van der Waals surface area contributed by atoms with E-state index in [9.17, 15) is 9.59 Å². The zero-order valence-electron chi connectivity index (χ0n) is 15.4. The number of carbonyl (C=O) groups excluding carboxylic acids is 2.